The molecule has 14 nitrogen and oxygen atoms in total. The SMILES string of the molecule is CC(C)(C)NCCC(=O)OCC(=O)NC1=NC(O)N([C@@H]2O[C@H](COP(=O)(O)O)[C@@H](O)C2(F)F)C=C1. The summed E-state index contributed by atoms with van der Waals surface area (Å²) in [4.78, 5) is 45.2. The number of nitrogens with one attached hydrogen (secondary N) is 2. The standard InChI is InChI=1S/C18H29F2N4O10P/c1-17(2,3)21-6-4-13(26)32-9-12(25)22-11-5-7-24(16(28)23-11)15-18(19,20)14(27)10(34-15)8-33-35(29,30)31/h5,7,10,14-16,21,27-28H,4,6,8-9H2,1-3H3,(H,22,23,25)(H2,29,30,31)/t10-,14-,15-,16?/m1/s1. The summed E-state index contributed by atoms with van der Waals surface area (Å²) in [5.74, 6) is -5.63. The molecule has 2 aliphatic heterocycles. The average molecular weight is 530 g/mol. The van der Waals surface area contributed by atoms with E-state index in [1.54, 1.807) is 0 Å². The molecule has 0 spiro atoms. The monoisotopic (exact) mass is 530 g/mol. The van der Waals surface area contributed by atoms with Crippen molar-refractivity contribution in [1.82, 2.24) is 15.5 Å². The van der Waals surface area contributed by atoms with Crippen molar-refractivity contribution in [1.29, 1.82) is 0 Å². The van der Waals surface area contributed by atoms with Gasteiger partial charge in [0.05, 0.1) is 13.0 Å². The Hall–Kier alpha value is -2.04. The number of aliphatic hydroxyl groups excluding tert-OH is 2. The van der Waals surface area contributed by atoms with E-state index < -0.39 is 63.6 Å². The number of halogens is 2. The molecule has 2 rings (SSSR count). The third kappa shape index (κ3) is 8.84. The molecule has 4 atom stereocenters. The maximum absolute atomic E-state index is 14.5. The van der Waals surface area contributed by atoms with Crippen LogP contribution in [0.25, 0.3) is 0 Å². The molecule has 0 aromatic heterocycles. The summed E-state index contributed by atoms with van der Waals surface area (Å²) < 4.78 is 53.7. The molecule has 0 saturated carbocycles. The molecule has 17 heteroatoms. The summed E-state index contributed by atoms with van der Waals surface area (Å²) in [6, 6.07) is 0. The first-order valence-electron chi connectivity index (χ1n) is 10.3. The second-order valence-corrected chi connectivity index (χ2v) is 9.93. The number of esters is 1. The van der Waals surface area contributed by atoms with Gasteiger partial charge in [-0.2, -0.15) is 8.78 Å². The molecule has 200 valence electrons. The number of amidine groups is 1. The molecule has 6 N–H and O–H groups in total. The summed E-state index contributed by atoms with van der Waals surface area (Å²) in [6.45, 7) is 4.42. The molecular formula is C18H29F2N4O10P. The average Bonchev–Trinajstić information content (AvgIpc) is 2.93. The van der Waals surface area contributed by atoms with Gasteiger partial charge in [-0.05, 0) is 26.8 Å². The van der Waals surface area contributed by atoms with E-state index in [2.05, 4.69) is 20.1 Å². The number of alkyl halides is 2. The second-order valence-electron chi connectivity index (χ2n) is 8.69. The minimum Gasteiger partial charge on any atom is -0.456 e. The molecular weight excluding hydrogens is 501 g/mol. The van der Waals surface area contributed by atoms with Gasteiger partial charge in [-0.3, -0.25) is 14.1 Å². The van der Waals surface area contributed by atoms with Gasteiger partial charge >= 0.3 is 19.7 Å². The lowest BCUT2D eigenvalue weighted by Crippen LogP contribution is -2.52. The van der Waals surface area contributed by atoms with E-state index in [0.717, 1.165) is 12.3 Å². The van der Waals surface area contributed by atoms with Gasteiger partial charge < -0.3 is 45.0 Å². The Labute approximate surface area is 199 Å². The van der Waals surface area contributed by atoms with Crippen LogP contribution in [-0.2, 0) is 28.2 Å². The van der Waals surface area contributed by atoms with Crippen LogP contribution in [0, 0.1) is 0 Å². The van der Waals surface area contributed by atoms with E-state index in [1.807, 2.05) is 20.8 Å². The third-order valence-electron chi connectivity index (χ3n) is 4.60. The van der Waals surface area contributed by atoms with E-state index in [-0.39, 0.29) is 17.8 Å². The van der Waals surface area contributed by atoms with Crippen molar-refractivity contribution in [3.63, 3.8) is 0 Å². The van der Waals surface area contributed by atoms with E-state index in [0.29, 0.717) is 11.4 Å². The summed E-state index contributed by atoms with van der Waals surface area (Å²) in [5, 5.41) is 25.3. The molecule has 0 radical (unpaired) electrons. The molecule has 1 saturated heterocycles. The number of nitrogens with zero attached hydrogens (tertiary/aromatic N) is 2. The highest BCUT2D eigenvalue weighted by Crippen LogP contribution is 2.42. The zero-order chi connectivity index (χ0) is 26.6. The Morgan fingerprint density at radius 1 is 1.31 bits per heavy atom. The number of phosphoric ester groups is 1. The number of carbonyl (C=O) groups is 2. The predicted octanol–water partition coefficient (Wildman–Crippen LogP) is -1.24. The number of carbonyl (C=O) groups excluding carboxylic acids is 2. The number of hydrogen-bond acceptors (Lipinski definition) is 11. The first kappa shape index (κ1) is 29.2. The van der Waals surface area contributed by atoms with Gasteiger partial charge in [0.15, 0.2) is 12.7 Å². The zero-order valence-electron chi connectivity index (χ0n) is 19.1. The van der Waals surface area contributed by atoms with Gasteiger partial charge in [0.25, 0.3) is 5.91 Å². The molecule has 0 aromatic rings. The van der Waals surface area contributed by atoms with Crippen LogP contribution < -0.4 is 10.6 Å². The molecule has 2 aliphatic rings. The third-order valence-corrected chi connectivity index (χ3v) is 5.08. The molecule has 35 heavy (non-hydrogen) atoms. The highest BCUT2D eigenvalue weighted by molar-refractivity contribution is 7.46. The summed E-state index contributed by atoms with van der Waals surface area (Å²) in [5.41, 5.74) is -0.193. The van der Waals surface area contributed by atoms with Crippen molar-refractivity contribution in [2.75, 3.05) is 19.8 Å². The lowest BCUT2D eigenvalue weighted by molar-refractivity contribution is -0.186. The topological polar surface area (TPSA) is 199 Å². The van der Waals surface area contributed by atoms with E-state index in [9.17, 15) is 33.1 Å². The molecule has 1 unspecified atom stereocenters. The number of aliphatic hydroxyl groups is 2. The Morgan fingerprint density at radius 3 is 2.54 bits per heavy atom. The van der Waals surface area contributed by atoms with Gasteiger partial charge in [0.1, 0.15) is 11.9 Å². The van der Waals surface area contributed by atoms with Gasteiger partial charge in [0, 0.05) is 18.3 Å². The summed E-state index contributed by atoms with van der Waals surface area (Å²) in [6.07, 6.45) is -6.58. The fourth-order valence-electron chi connectivity index (χ4n) is 2.97. The van der Waals surface area contributed by atoms with Gasteiger partial charge in [-0.15, -0.1) is 0 Å². The Kier molecular flexibility index (Phi) is 9.46. The van der Waals surface area contributed by atoms with Crippen molar-refractivity contribution in [3.8, 4) is 0 Å². The molecule has 0 aromatic carbocycles. The van der Waals surface area contributed by atoms with Crippen LogP contribution in [0.5, 0.6) is 0 Å². The number of hydrogen-bond donors (Lipinski definition) is 6. The van der Waals surface area contributed by atoms with Crippen LogP contribution in [-0.4, -0.2) is 98.6 Å². The fraction of sp³-hybridized carbons (Fsp3) is 0.722. The van der Waals surface area contributed by atoms with Crippen LogP contribution in [0.1, 0.15) is 27.2 Å². The zero-order valence-corrected chi connectivity index (χ0v) is 20.0. The van der Waals surface area contributed by atoms with Crippen molar-refractivity contribution in [3.05, 3.63) is 12.3 Å². The smallest absolute Gasteiger partial charge is 0.456 e. The van der Waals surface area contributed by atoms with Crippen LogP contribution in [0.3, 0.4) is 0 Å². The van der Waals surface area contributed by atoms with E-state index >= 15 is 0 Å². The quantitative estimate of drug-likeness (QED) is 0.153. The molecule has 0 aliphatic carbocycles. The Balaban J connectivity index is 1.87. The molecule has 0 bridgehead atoms. The minimum absolute atomic E-state index is 0.0285. The lowest BCUT2D eigenvalue weighted by atomic mass is 10.1. The minimum atomic E-state index is -5.01. The number of phosphoric acid groups is 1. The van der Waals surface area contributed by atoms with Crippen molar-refractivity contribution < 1.29 is 56.9 Å². The normalized spacial score (nSPS) is 26.4. The van der Waals surface area contributed by atoms with Crippen molar-refractivity contribution >= 4 is 25.5 Å². The number of aliphatic imine (C=N–C) groups is 1. The van der Waals surface area contributed by atoms with Crippen LogP contribution in [0.15, 0.2) is 17.3 Å². The molecule has 1 amide bonds. The largest absolute Gasteiger partial charge is 0.469 e. The lowest BCUT2D eigenvalue weighted by Gasteiger charge is -2.34. The maximum Gasteiger partial charge on any atom is 0.469 e. The Bertz CT molecular complexity index is 891. The molecule has 1 fully saturated rings. The summed E-state index contributed by atoms with van der Waals surface area (Å²) in [7, 11) is -5.01. The first-order chi connectivity index (χ1) is 16.0. The van der Waals surface area contributed by atoms with Crippen LogP contribution >= 0.6 is 7.82 Å². The Morgan fingerprint density at radius 2 is 1.97 bits per heavy atom. The summed E-state index contributed by atoms with van der Waals surface area (Å²) >= 11 is 0. The maximum atomic E-state index is 14.5. The van der Waals surface area contributed by atoms with Crippen molar-refractivity contribution in [2.24, 2.45) is 4.99 Å². The second kappa shape index (κ2) is 11.3. The van der Waals surface area contributed by atoms with Crippen LogP contribution in [0.2, 0.25) is 0 Å². The van der Waals surface area contributed by atoms with Gasteiger partial charge in [-0.25, -0.2) is 9.56 Å². The highest BCUT2D eigenvalue weighted by Gasteiger charge is 2.61. The first-order valence-corrected chi connectivity index (χ1v) is 11.9. The fourth-order valence-corrected chi connectivity index (χ4v) is 3.31. The highest BCUT2D eigenvalue weighted by atomic mass is 31.2. The number of rotatable bonds is 9. The van der Waals surface area contributed by atoms with E-state index in [1.165, 1.54) is 0 Å². The number of amides is 1. The predicted molar refractivity (Wildman–Crippen MR) is 114 cm³/mol. The number of ether oxygens (including phenoxy) is 2. The van der Waals surface area contributed by atoms with Gasteiger partial charge in [0.2, 0.25) is 12.6 Å². The van der Waals surface area contributed by atoms with Gasteiger partial charge in [-0.1, -0.05) is 0 Å². The van der Waals surface area contributed by atoms with Crippen LogP contribution in [0.4, 0.5) is 8.78 Å². The van der Waals surface area contributed by atoms with Crippen molar-refractivity contribution in [2.45, 2.75) is 63.4 Å². The van der Waals surface area contributed by atoms with E-state index in [4.69, 9.17) is 19.3 Å². The molecule has 2 heterocycles.